The quantitative estimate of drug-likeness (QED) is 0.505. The van der Waals surface area contributed by atoms with Gasteiger partial charge in [0.1, 0.15) is 6.04 Å². The highest BCUT2D eigenvalue weighted by Crippen LogP contribution is 2.24. The first kappa shape index (κ1) is 18.0. The Labute approximate surface area is 160 Å². The molecule has 0 aromatic carbocycles. The maximum absolute atomic E-state index is 12.4. The van der Waals surface area contributed by atoms with E-state index in [0.717, 1.165) is 5.39 Å². The molecule has 0 aliphatic rings. The van der Waals surface area contributed by atoms with Crippen molar-refractivity contribution in [2.75, 3.05) is 11.9 Å². The summed E-state index contributed by atoms with van der Waals surface area (Å²) in [5.74, 6) is 0.947. The highest BCUT2D eigenvalue weighted by atomic mass is 16.5. The number of nitrogens with zero attached hydrogens (tertiary/aromatic N) is 6. The van der Waals surface area contributed by atoms with Gasteiger partial charge < -0.3 is 14.5 Å². The smallest absolute Gasteiger partial charge is 0.328 e. The van der Waals surface area contributed by atoms with Crippen molar-refractivity contribution in [3.8, 4) is 11.6 Å². The van der Waals surface area contributed by atoms with Gasteiger partial charge in [-0.3, -0.25) is 4.68 Å². The van der Waals surface area contributed by atoms with Gasteiger partial charge in [0.05, 0.1) is 18.3 Å². The van der Waals surface area contributed by atoms with Gasteiger partial charge in [-0.15, -0.1) is 5.10 Å². The van der Waals surface area contributed by atoms with Crippen LogP contribution in [0.15, 0.2) is 29.0 Å². The fourth-order valence-electron chi connectivity index (χ4n) is 2.97. The van der Waals surface area contributed by atoms with E-state index in [1.165, 1.54) is 0 Å². The monoisotopic (exact) mass is 383 g/mol. The van der Waals surface area contributed by atoms with Crippen LogP contribution in [0.25, 0.3) is 28.3 Å². The lowest BCUT2D eigenvalue weighted by molar-refractivity contribution is -0.145. The Hall–Kier alpha value is -3.43. The number of rotatable bonds is 6. The zero-order valence-corrected chi connectivity index (χ0v) is 16.1. The third kappa shape index (κ3) is 3.06. The minimum absolute atomic E-state index is 0.0246. The molecular formula is C18H21N7O3. The molecule has 0 saturated heterocycles. The van der Waals surface area contributed by atoms with Gasteiger partial charge in [-0.25, -0.2) is 9.78 Å². The molecule has 0 spiro atoms. The summed E-state index contributed by atoms with van der Waals surface area (Å²) in [7, 11) is 1.81. The third-order valence-electron chi connectivity index (χ3n) is 4.30. The highest BCUT2D eigenvalue weighted by Gasteiger charge is 2.26. The van der Waals surface area contributed by atoms with Gasteiger partial charge in [0.25, 0.3) is 0 Å². The van der Waals surface area contributed by atoms with Crippen molar-refractivity contribution in [3.05, 3.63) is 24.6 Å². The number of aromatic nitrogens is 6. The highest BCUT2D eigenvalue weighted by molar-refractivity contribution is 5.90. The number of furan rings is 1. The number of esters is 1. The Morgan fingerprint density at radius 1 is 1.32 bits per heavy atom. The van der Waals surface area contributed by atoms with E-state index in [0.29, 0.717) is 35.4 Å². The van der Waals surface area contributed by atoms with Crippen molar-refractivity contribution < 1.29 is 13.9 Å². The molecule has 0 aliphatic carbocycles. The van der Waals surface area contributed by atoms with Crippen molar-refractivity contribution >= 4 is 28.6 Å². The molecule has 4 aromatic heterocycles. The van der Waals surface area contributed by atoms with Gasteiger partial charge in [0, 0.05) is 13.2 Å². The first-order valence-electron chi connectivity index (χ1n) is 9.05. The van der Waals surface area contributed by atoms with E-state index in [-0.39, 0.29) is 11.9 Å². The summed E-state index contributed by atoms with van der Waals surface area (Å²) >= 11 is 0. The fraction of sp³-hybridized carbons (Fsp3) is 0.389. The molecule has 146 valence electrons. The summed E-state index contributed by atoms with van der Waals surface area (Å²) in [6.45, 7) is 5.94. The zero-order valence-electron chi connectivity index (χ0n) is 16.1. The number of carbonyl (C=O) groups excluding carboxylic acids is 1. The van der Waals surface area contributed by atoms with Crippen LogP contribution in [0.2, 0.25) is 0 Å². The van der Waals surface area contributed by atoms with Gasteiger partial charge in [-0.05, 0) is 25.0 Å². The van der Waals surface area contributed by atoms with E-state index in [1.54, 1.807) is 34.5 Å². The number of aryl methyl sites for hydroxylation is 1. The molecule has 0 amide bonds. The lowest BCUT2D eigenvalue weighted by atomic mass is 10.1. The van der Waals surface area contributed by atoms with Crippen LogP contribution in [0.3, 0.4) is 0 Å². The molecule has 0 fully saturated rings. The Bertz CT molecular complexity index is 1130. The molecule has 0 saturated carbocycles. The van der Waals surface area contributed by atoms with Crippen LogP contribution >= 0.6 is 0 Å². The predicted molar refractivity (Wildman–Crippen MR) is 102 cm³/mol. The largest absolute Gasteiger partial charge is 0.464 e. The van der Waals surface area contributed by atoms with Crippen LogP contribution in [0.4, 0.5) is 5.95 Å². The second-order valence-electron chi connectivity index (χ2n) is 6.74. The van der Waals surface area contributed by atoms with Gasteiger partial charge in [-0.1, -0.05) is 13.8 Å². The zero-order chi connectivity index (χ0) is 19.8. The topological polar surface area (TPSA) is 112 Å². The molecule has 4 heterocycles. The van der Waals surface area contributed by atoms with E-state index >= 15 is 0 Å². The number of hydrogen-bond donors (Lipinski definition) is 1. The molecule has 0 aliphatic heterocycles. The number of anilines is 1. The first-order valence-corrected chi connectivity index (χ1v) is 9.05. The van der Waals surface area contributed by atoms with Crippen molar-refractivity contribution in [1.29, 1.82) is 0 Å². The molecule has 1 unspecified atom stereocenters. The van der Waals surface area contributed by atoms with Gasteiger partial charge in [-0.2, -0.15) is 14.6 Å². The first-order chi connectivity index (χ1) is 13.5. The van der Waals surface area contributed by atoms with Crippen LogP contribution in [0.1, 0.15) is 20.8 Å². The molecule has 28 heavy (non-hydrogen) atoms. The van der Waals surface area contributed by atoms with Crippen molar-refractivity contribution in [2.24, 2.45) is 13.0 Å². The van der Waals surface area contributed by atoms with E-state index < -0.39 is 6.04 Å². The SMILES string of the molecule is CCOC(=O)C(Nc1nc2nn(C)cc2c2nc(-c3ccco3)nn12)C(C)C. The Balaban J connectivity index is 1.87. The molecule has 10 heteroatoms. The molecule has 4 aromatic rings. The van der Waals surface area contributed by atoms with Crippen molar-refractivity contribution in [2.45, 2.75) is 26.8 Å². The lowest BCUT2D eigenvalue weighted by Gasteiger charge is -2.21. The number of nitrogens with one attached hydrogen (secondary N) is 1. The summed E-state index contributed by atoms with van der Waals surface area (Å²) in [6, 6.07) is 2.96. The second kappa shape index (κ2) is 6.95. The Morgan fingerprint density at radius 3 is 2.82 bits per heavy atom. The molecular weight excluding hydrogens is 362 g/mol. The second-order valence-corrected chi connectivity index (χ2v) is 6.74. The van der Waals surface area contributed by atoms with Crippen LogP contribution in [0.5, 0.6) is 0 Å². The van der Waals surface area contributed by atoms with Crippen LogP contribution < -0.4 is 5.32 Å². The third-order valence-corrected chi connectivity index (χ3v) is 4.30. The summed E-state index contributed by atoms with van der Waals surface area (Å²) in [5.41, 5.74) is 1.07. The number of hydrogen-bond acceptors (Lipinski definition) is 8. The lowest BCUT2D eigenvalue weighted by Crippen LogP contribution is -2.37. The Kier molecular flexibility index (Phi) is 4.46. The van der Waals surface area contributed by atoms with E-state index in [4.69, 9.17) is 9.15 Å². The van der Waals surface area contributed by atoms with Crippen LogP contribution in [0, 0.1) is 5.92 Å². The Morgan fingerprint density at radius 2 is 2.14 bits per heavy atom. The molecule has 1 N–H and O–H groups in total. The van der Waals surface area contributed by atoms with Crippen LogP contribution in [-0.2, 0) is 16.6 Å². The van der Waals surface area contributed by atoms with Crippen LogP contribution in [-0.4, -0.2) is 48.0 Å². The number of carbonyl (C=O) groups is 1. The minimum atomic E-state index is -0.590. The van der Waals surface area contributed by atoms with Gasteiger partial charge in [0.15, 0.2) is 17.1 Å². The average Bonchev–Trinajstić information content (AvgIpc) is 3.36. The van der Waals surface area contributed by atoms with Gasteiger partial charge in [0.2, 0.25) is 11.8 Å². The maximum Gasteiger partial charge on any atom is 0.328 e. The van der Waals surface area contributed by atoms with E-state index in [2.05, 4.69) is 25.5 Å². The number of fused-ring (bicyclic) bond motifs is 3. The predicted octanol–water partition coefficient (Wildman–Crippen LogP) is 2.27. The summed E-state index contributed by atoms with van der Waals surface area (Å²) < 4.78 is 13.8. The van der Waals surface area contributed by atoms with Gasteiger partial charge >= 0.3 is 5.97 Å². The molecule has 1 atom stereocenters. The summed E-state index contributed by atoms with van der Waals surface area (Å²) in [5, 5.41) is 12.8. The van der Waals surface area contributed by atoms with Crippen molar-refractivity contribution in [1.82, 2.24) is 29.4 Å². The molecule has 4 rings (SSSR count). The standard InChI is InChI=1S/C18H21N7O3/c1-5-27-17(26)13(10(2)3)19-18-21-14-11(9-24(4)22-14)16-20-15(23-25(16)18)12-7-6-8-28-12/h6-10,13H,5H2,1-4H3,(H,19,21,22). The minimum Gasteiger partial charge on any atom is -0.464 e. The number of ether oxygens (including phenoxy) is 1. The van der Waals surface area contributed by atoms with E-state index in [1.807, 2.05) is 27.1 Å². The maximum atomic E-state index is 12.4. The average molecular weight is 383 g/mol. The summed E-state index contributed by atoms with van der Waals surface area (Å²) in [6.07, 6.45) is 3.39. The van der Waals surface area contributed by atoms with Crippen molar-refractivity contribution in [3.63, 3.8) is 0 Å². The normalized spacial score (nSPS) is 12.8. The fourth-order valence-corrected chi connectivity index (χ4v) is 2.97. The van der Waals surface area contributed by atoms with E-state index in [9.17, 15) is 4.79 Å². The summed E-state index contributed by atoms with van der Waals surface area (Å²) in [4.78, 5) is 21.6. The molecule has 10 nitrogen and oxygen atoms in total. The molecule has 0 radical (unpaired) electrons. The molecule has 0 bridgehead atoms.